The normalized spacial score (nSPS) is 14.6. The molecule has 0 aliphatic heterocycles. The second-order valence-electron chi connectivity index (χ2n) is 9.84. The van der Waals surface area contributed by atoms with Crippen molar-refractivity contribution in [1.29, 1.82) is 0 Å². The molecule has 0 saturated heterocycles. The summed E-state index contributed by atoms with van der Waals surface area (Å²) >= 11 is 1.80. The molecule has 0 nitrogen and oxygen atoms in total. The van der Waals surface area contributed by atoms with Crippen molar-refractivity contribution in [2.45, 2.75) is 59.1 Å². The highest BCUT2D eigenvalue weighted by Crippen LogP contribution is 2.35. The second-order valence-corrected chi connectivity index (χ2v) is 10.9. The van der Waals surface area contributed by atoms with E-state index in [1.807, 2.05) is 32.1 Å². The van der Waals surface area contributed by atoms with Crippen LogP contribution in [0.2, 0.25) is 0 Å². The Bertz CT molecular complexity index is 1680. The third kappa shape index (κ3) is 7.90. The highest BCUT2D eigenvalue weighted by molar-refractivity contribution is 7.22. The molecular formula is C36H31F5S. The van der Waals surface area contributed by atoms with Crippen molar-refractivity contribution in [3.63, 3.8) is 0 Å². The lowest BCUT2D eigenvalue weighted by atomic mass is 9.86. The van der Waals surface area contributed by atoms with Gasteiger partial charge in [-0.25, -0.2) is 8.78 Å². The zero-order chi connectivity index (χ0) is 30.3. The average Bonchev–Trinajstić information content (AvgIpc) is 3.40. The Morgan fingerprint density at radius 2 is 1.60 bits per heavy atom. The van der Waals surface area contributed by atoms with E-state index in [0.717, 1.165) is 54.0 Å². The molecule has 0 N–H and O–H groups in total. The molecule has 1 aliphatic rings. The molecule has 1 aliphatic carbocycles. The minimum absolute atomic E-state index is 0.106. The summed E-state index contributed by atoms with van der Waals surface area (Å²) in [5, 5.41) is 1.25. The number of hydrogen-bond acceptors (Lipinski definition) is 1. The van der Waals surface area contributed by atoms with Gasteiger partial charge in [-0.1, -0.05) is 75.3 Å². The molecule has 216 valence electrons. The Morgan fingerprint density at radius 1 is 0.881 bits per heavy atom. The minimum atomic E-state index is -4.82. The van der Waals surface area contributed by atoms with Gasteiger partial charge >= 0.3 is 6.18 Å². The predicted octanol–water partition coefficient (Wildman–Crippen LogP) is 11.0. The predicted molar refractivity (Wildman–Crippen MR) is 164 cm³/mol. The number of allylic oxidation sites excluding steroid dienone is 2. The van der Waals surface area contributed by atoms with Gasteiger partial charge in [-0.2, -0.15) is 13.2 Å². The molecule has 5 rings (SSSR count). The molecule has 1 aromatic heterocycles. The number of halogens is 5. The summed E-state index contributed by atoms with van der Waals surface area (Å²) in [6.45, 7) is 6.19. The van der Waals surface area contributed by atoms with E-state index >= 15 is 0 Å². The van der Waals surface area contributed by atoms with Crippen LogP contribution in [-0.4, -0.2) is 6.18 Å². The van der Waals surface area contributed by atoms with Gasteiger partial charge in [-0.15, -0.1) is 11.3 Å². The van der Waals surface area contributed by atoms with Gasteiger partial charge in [0.15, 0.2) is 0 Å². The molecule has 0 fully saturated rings. The molecule has 1 atom stereocenters. The highest BCUT2D eigenvalue weighted by Gasteiger charge is 2.24. The molecule has 0 spiro atoms. The molecule has 0 amide bonds. The van der Waals surface area contributed by atoms with Crippen LogP contribution in [0.5, 0.6) is 0 Å². The van der Waals surface area contributed by atoms with E-state index in [4.69, 9.17) is 0 Å². The van der Waals surface area contributed by atoms with Crippen LogP contribution in [0.15, 0.2) is 66.7 Å². The molecule has 42 heavy (non-hydrogen) atoms. The number of alkyl halides is 3. The third-order valence-corrected chi connectivity index (χ3v) is 8.01. The van der Waals surface area contributed by atoms with Crippen LogP contribution in [0.1, 0.15) is 68.7 Å². The fraction of sp³-hybridized carbons (Fsp3) is 0.278. The molecule has 0 radical (unpaired) electrons. The van der Waals surface area contributed by atoms with E-state index in [2.05, 4.69) is 55.2 Å². The lowest BCUT2D eigenvalue weighted by Crippen LogP contribution is -2.05. The Labute approximate surface area is 248 Å². The fourth-order valence-corrected chi connectivity index (χ4v) is 5.94. The summed E-state index contributed by atoms with van der Waals surface area (Å²) < 4.78 is 66.8. The van der Waals surface area contributed by atoms with Gasteiger partial charge < -0.3 is 0 Å². The van der Waals surface area contributed by atoms with Crippen LogP contribution in [0.25, 0.3) is 26.1 Å². The van der Waals surface area contributed by atoms with Gasteiger partial charge in [-0.05, 0) is 89.7 Å². The van der Waals surface area contributed by atoms with Gasteiger partial charge in [0.2, 0.25) is 0 Å². The molecule has 1 unspecified atom stereocenters. The Morgan fingerprint density at radius 3 is 2.21 bits per heavy atom. The zero-order valence-electron chi connectivity index (χ0n) is 23.8. The van der Waals surface area contributed by atoms with Crippen LogP contribution in [0, 0.1) is 41.2 Å². The van der Waals surface area contributed by atoms with Gasteiger partial charge in [-0.3, -0.25) is 0 Å². The first-order chi connectivity index (χ1) is 20.2. The Hall–Kier alpha value is -3.87. The van der Waals surface area contributed by atoms with Crippen LogP contribution in [0.4, 0.5) is 22.0 Å². The van der Waals surface area contributed by atoms with Crippen molar-refractivity contribution in [3.05, 3.63) is 101 Å². The van der Waals surface area contributed by atoms with E-state index in [-0.39, 0.29) is 5.92 Å². The van der Waals surface area contributed by atoms with Crippen LogP contribution >= 0.6 is 11.3 Å². The minimum Gasteiger partial charge on any atom is -0.205 e. The maximum Gasteiger partial charge on any atom is 0.458 e. The quantitative estimate of drug-likeness (QED) is 0.164. The zero-order valence-corrected chi connectivity index (χ0v) is 24.6. The number of thiophene rings is 1. The van der Waals surface area contributed by atoms with Gasteiger partial charge in [0.1, 0.15) is 11.6 Å². The molecular weight excluding hydrogens is 559 g/mol. The SMILES string of the molecule is CC.CCCc1ccc2cc(-c3ccc(C#CC4CC=C(c5cc(F)c(C#CC(F)(F)F)c(F)c5)CC4)cc3)sc2c1. The van der Waals surface area contributed by atoms with Gasteiger partial charge in [0.25, 0.3) is 0 Å². The van der Waals surface area contributed by atoms with Crippen molar-refractivity contribution in [2.24, 2.45) is 5.92 Å². The summed E-state index contributed by atoms with van der Waals surface area (Å²) in [6, 6.07) is 19.2. The summed E-state index contributed by atoms with van der Waals surface area (Å²) in [5.74, 6) is 6.92. The highest BCUT2D eigenvalue weighted by atomic mass is 32.1. The van der Waals surface area contributed by atoms with Crippen molar-refractivity contribution in [3.8, 4) is 34.1 Å². The lowest BCUT2D eigenvalue weighted by molar-refractivity contribution is -0.0696. The average molecular weight is 591 g/mol. The molecule has 1 heterocycles. The van der Waals surface area contributed by atoms with Crippen molar-refractivity contribution < 1.29 is 22.0 Å². The van der Waals surface area contributed by atoms with E-state index in [0.29, 0.717) is 18.4 Å². The number of rotatable bonds is 4. The first-order valence-corrected chi connectivity index (χ1v) is 14.9. The summed E-state index contributed by atoms with van der Waals surface area (Å²) in [7, 11) is 0. The third-order valence-electron chi connectivity index (χ3n) is 6.87. The second kappa shape index (κ2) is 13.9. The lowest BCUT2D eigenvalue weighted by Gasteiger charge is -2.18. The van der Waals surface area contributed by atoms with Crippen LogP contribution in [-0.2, 0) is 6.42 Å². The van der Waals surface area contributed by atoms with Crippen molar-refractivity contribution >= 4 is 27.0 Å². The number of aryl methyl sites for hydroxylation is 1. The van der Waals surface area contributed by atoms with Crippen LogP contribution < -0.4 is 0 Å². The maximum atomic E-state index is 14.3. The number of benzene rings is 3. The summed E-state index contributed by atoms with van der Waals surface area (Å²) in [6.07, 6.45) is 1.21. The van der Waals surface area contributed by atoms with E-state index in [1.54, 1.807) is 17.3 Å². The first-order valence-electron chi connectivity index (χ1n) is 14.1. The Balaban J connectivity index is 0.00000198. The standard InChI is InChI=1S/C34H25F5S.C2H6/c1-2-3-24-10-15-27-21-33(40-32(27)18-24)26-13-8-23(9-14-26)5-4-22-6-11-25(12-7-22)28-19-30(35)29(31(36)20-28)16-17-34(37,38)39;1-2/h8-11,13-15,18-22H,2-3,6-7,12H2,1H3;1-2H3. The summed E-state index contributed by atoms with van der Waals surface area (Å²) in [5.41, 5.74) is 3.64. The molecule has 3 aromatic carbocycles. The van der Waals surface area contributed by atoms with Crippen molar-refractivity contribution in [1.82, 2.24) is 0 Å². The van der Waals surface area contributed by atoms with E-state index < -0.39 is 23.4 Å². The number of fused-ring (bicyclic) bond motifs is 1. The number of hydrogen-bond donors (Lipinski definition) is 0. The first kappa shape index (κ1) is 31.1. The monoisotopic (exact) mass is 590 g/mol. The van der Waals surface area contributed by atoms with Crippen molar-refractivity contribution in [2.75, 3.05) is 0 Å². The van der Waals surface area contributed by atoms with E-state index in [9.17, 15) is 22.0 Å². The summed E-state index contributed by atoms with van der Waals surface area (Å²) in [4.78, 5) is 1.22. The topological polar surface area (TPSA) is 0 Å². The van der Waals surface area contributed by atoms with Gasteiger partial charge in [0.05, 0.1) is 5.56 Å². The fourth-order valence-electron chi connectivity index (χ4n) is 4.80. The smallest absolute Gasteiger partial charge is 0.205 e. The Kier molecular flexibility index (Phi) is 10.3. The molecule has 0 bridgehead atoms. The van der Waals surface area contributed by atoms with Gasteiger partial charge in [0, 0.05) is 27.0 Å². The molecule has 4 aromatic rings. The molecule has 0 saturated carbocycles. The maximum absolute atomic E-state index is 14.3. The van der Waals surface area contributed by atoms with E-state index in [1.165, 1.54) is 20.5 Å². The molecule has 6 heteroatoms. The largest absolute Gasteiger partial charge is 0.458 e. The van der Waals surface area contributed by atoms with Crippen LogP contribution in [0.3, 0.4) is 0 Å².